The molecule has 41 heavy (non-hydrogen) atoms. The van der Waals surface area contributed by atoms with Crippen LogP contribution < -0.4 is 0 Å². The third-order valence-electron chi connectivity index (χ3n) is 9.28. The lowest BCUT2D eigenvalue weighted by atomic mass is 10.1. The van der Waals surface area contributed by atoms with Gasteiger partial charge in [0.2, 0.25) is 0 Å². The van der Waals surface area contributed by atoms with Gasteiger partial charge in [-0.25, -0.2) is 0 Å². The van der Waals surface area contributed by atoms with Gasteiger partial charge in [-0.05, 0) is 57.0 Å². The van der Waals surface area contributed by atoms with E-state index in [9.17, 15) is 4.57 Å². The van der Waals surface area contributed by atoms with Crippen molar-refractivity contribution in [3.63, 3.8) is 0 Å². The van der Waals surface area contributed by atoms with E-state index in [2.05, 4.69) is 27.7 Å². The van der Waals surface area contributed by atoms with Crippen molar-refractivity contribution in [1.82, 2.24) is 0 Å². The number of hydrogen-bond donors (Lipinski definition) is 0. The minimum Gasteiger partial charge on any atom is -0.324 e. The van der Waals surface area contributed by atoms with E-state index in [0.717, 1.165) is 18.5 Å². The maximum absolute atomic E-state index is 14.0. The zero-order valence-corrected chi connectivity index (χ0v) is 31.1. The SMILES string of the molecule is CCCCCCCCP(CCCCCCCC)CCCCCCP(=O)(CCCCCCCC)CCCCCCCC. The van der Waals surface area contributed by atoms with Crippen LogP contribution >= 0.6 is 15.1 Å². The summed E-state index contributed by atoms with van der Waals surface area (Å²) in [6.07, 6.45) is 46.4. The molecule has 0 spiro atoms. The van der Waals surface area contributed by atoms with E-state index in [1.165, 1.54) is 186 Å². The van der Waals surface area contributed by atoms with Crippen molar-refractivity contribution in [2.75, 3.05) is 37.0 Å². The fourth-order valence-corrected chi connectivity index (χ4v) is 12.1. The number of hydrogen-bond acceptors (Lipinski definition) is 1. The molecule has 0 aliphatic rings. The van der Waals surface area contributed by atoms with Crippen LogP contribution in [0.4, 0.5) is 0 Å². The summed E-state index contributed by atoms with van der Waals surface area (Å²) in [4.78, 5) is 0. The van der Waals surface area contributed by atoms with Gasteiger partial charge >= 0.3 is 0 Å². The van der Waals surface area contributed by atoms with Crippen LogP contribution in [-0.2, 0) is 4.57 Å². The molecule has 0 atom stereocenters. The van der Waals surface area contributed by atoms with Crippen molar-refractivity contribution in [3.8, 4) is 0 Å². The zero-order chi connectivity index (χ0) is 30.1. The fourth-order valence-electron chi connectivity index (χ4n) is 6.35. The first kappa shape index (κ1) is 41.7. The Bertz CT molecular complexity index is 498. The van der Waals surface area contributed by atoms with Crippen LogP contribution in [0.1, 0.15) is 207 Å². The molecule has 0 unspecified atom stereocenters. The van der Waals surface area contributed by atoms with Gasteiger partial charge in [0.05, 0.1) is 7.14 Å². The van der Waals surface area contributed by atoms with Crippen LogP contribution in [0, 0.1) is 0 Å². The van der Waals surface area contributed by atoms with Crippen molar-refractivity contribution in [1.29, 1.82) is 0 Å². The molecular formula is C38H80OP2. The molecule has 0 fully saturated rings. The summed E-state index contributed by atoms with van der Waals surface area (Å²) in [5, 5.41) is 0. The average Bonchev–Trinajstić information content (AvgIpc) is 2.97. The lowest BCUT2D eigenvalue weighted by Crippen LogP contribution is -2.02. The average molecular weight is 615 g/mol. The molecule has 0 bridgehead atoms. The largest absolute Gasteiger partial charge is 0.324 e. The van der Waals surface area contributed by atoms with Gasteiger partial charge in [0.15, 0.2) is 0 Å². The Hall–Kier alpha value is 0.660. The predicted octanol–water partition coefficient (Wildman–Crippen LogP) is 14.8. The topological polar surface area (TPSA) is 17.1 Å². The molecule has 0 aliphatic heterocycles. The smallest absolute Gasteiger partial charge is 0.0877 e. The van der Waals surface area contributed by atoms with Gasteiger partial charge in [-0.2, -0.15) is 0 Å². The molecule has 0 radical (unpaired) electrons. The molecule has 0 aromatic heterocycles. The Kier molecular flexibility index (Phi) is 34.1. The molecule has 0 aromatic rings. The van der Waals surface area contributed by atoms with Gasteiger partial charge in [-0.3, -0.25) is 0 Å². The Morgan fingerprint density at radius 1 is 0.317 bits per heavy atom. The van der Waals surface area contributed by atoms with Gasteiger partial charge in [0, 0.05) is 18.5 Å². The van der Waals surface area contributed by atoms with Crippen molar-refractivity contribution >= 4 is 15.1 Å². The van der Waals surface area contributed by atoms with E-state index in [-0.39, 0.29) is 7.92 Å². The molecule has 248 valence electrons. The van der Waals surface area contributed by atoms with E-state index < -0.39 is 7.14 Å². The first-order chi connectivity index (χ1) is 20.1. The first-order valence-corrected chi connectivity index (χ1v) is 23.6. The van der Waals surface area contributed by atoms with Gasteiger partial charge in [0.25, 0.3) is 0 Å². The van der Waals surface area contributed by atoms with Gasteiger partial charge in [0.1, 0.15) is 0 Å². The maximum Gasteiger partial charge on any atom is 0.0877 e. The van der Waals surface area contributed by atoms with Crippen LogP contribution in [0.5, 0.6) is 0 Å². The van der Waals surface area contributed by atoms with Crippen molar-refractivity contribution in [3.05, 3.63) is 0 Å². The highest BCUT2D eigenvalue weighted by atomic mass is 31.2. The van der Waals surface area contributed by atoms with Crippen molar-refractivity contribution in [2.45, 2.75) is 207 Å². The van der Waals surface area contributed by atoms with Crippen LogP contribution in [0.15, 0.2) is 0 Å². The lowest BCUT2D eigenvalue weighted by molar-refractivity contribution is 0.557. The third-order valence-corrected chi connectivity index (χ3v) is 15.5. The summed E-state index contributed by atoms with van der Waals surface area (Å²) in [6, 6.07) is 0. The van der Waals surface area contributed by atoms with Crippen LogP contribution in [0.3, 0.4) is 0 Å². The quantitative estimate of drug-likeness (QED) is 0.0513. The van der Waals surface area contributed by atoms with E-state index in [4.69, 9.17) is 0 Å². The van der Waals surface area contributed by atoms with Crippen LogP contribution in [0.25, 0.3) is 0 Å². The minimum absolute atomic E-state index is 0.263. The Morgan fingerprint density at radius 2 is 0.537 bits per heavy atom. The molecule has 0 heterocycles. The third kappa shape index (κ3) is 30.5. The van der Waals surface area contributed by atoms with Crippen LogP contribution in [-0.4, -0.2) is 37.0 Å². The highest BCUT2D eigenvalue weighted by Crippen LogP contribution is 2.48. The van der Waals surface area contributed by atoms with Crippen molar-refractivity contribution < 1.29 is 4.57 Å². The van der Waals surface area contributed by atoms with Gasteiger partial charge in [-0.15, -0.1) is 7.92 Å². The zero-order valence-electron chi connectivity index (χ0n) is 29.3. The molecule has 1 nitrogen and oxygen atoms in total. The molecule has 0 saturated heterocycles. The highest BCUT2D eigenvalue weighted by Gasteiger charge is 2.20. The Balaban J connectivity index is 4.40. The monoisotopic (exact) mass is 615 g/mol. The summed E-state index contributed by atoms with van der Waals surface area (Å²) in [5.41, 5.74) is 0. The molecule has 0 aliphatic carbocycles. The second-order valence-electron chi connectivity index (χ2n) is 13.6. The Labute approximate surface area is 263 Å². The molecular weight excluding hydrogens is 534 g/mol. The minimum atomic E-state index is -1.95. The number of unbranched alkanes of at least 4 members (excludes halogenated alkanes) is 23. The molecule has 0 amide bonds. The summed E-state index contributed by atoms with van der Waals surface area (Å²) in [7, 11) is -1.69. The fraction of sp³-hybridized carbons (Fsp3) is 1.00. The summed E-state index contributed by atoms with van der Waals surface area (Å²) < 4.78 is 14.0. The normalized spacial score (nSPS) is 12.1. The molecule has 0 rings (SSSR count). The van der Waals surface area contributed by atoms with E-state index in [1.54, 1.807) is 12.3 Å². The second-order valence-corrected chi connectivity index (χ2v) is 19.7. The summed E-state index contributed by atoms with van der Waals surface area (Å²) >= 11 is 0. The lowest BCUT2D eigenvalue weighted by Gasteiger charge is -2.20. The van der Waals surface area contributed by atoms with Crippen molar-refractivity contribution in [2.24, 2.45) is 0 Å². The van der Waals surface area contributed by atoms with E-state index >= 15 is 0 Å². The van der Waals surface area contributed by atoms with Crippen LogP contribution in [0.2, 0.25) is 0 Å². The standard InChI is InChI=1S/C38H80OP2/c1-5-9-13-17-21-27-33-40(34-28-22-18-14-10-6-2)35-29-23-26-32-38-41(39,36-30-24-19-15-11-7-3)37-31-25-20-16-12-8-4/h5-38H2,1-4H3. The maximum atomic E-state index is 14.0. The number of rotatable bonds is 35. The predicted molar refractivity (Wildman–Crippen MR) is 196 cm³/mol. The van der Waals surface area contributed by atoms with E-state index in [0.29, 0.717) is 0 Å². The summed E-state index contributed by atoms with van der Waals surface area (Å²) in [5.74, 6) is 0. The van der Waals surface area contributed by atoms with E-state index in [1.807, 2.05) is 0 Å². The molecule has 3 heteroatoms. The molecule has 0 N–H and O–H groups in total. The second kappa shape index (κ2) is 33.6. The van der Waals surface area contributed by atoms with Gasteiger partial charge in [-0.1, -0.05) is 169 Å². The molecule has 0 aromatic carbocycles. The Morgan fingerprint density at radius 3 is 0.805 bits per heavy atom. The highest BCUT2D eigenvalue weighted by molar-refractivity contribution is 7.63. The van der Waals surface area contributed by atoms with Gasteiger partial charge < -0.3 is 4.57 Å². The first-order valence-electron chi connectivity index (χ1n) is 19.4. The summed E-state index contributed by atoms with van der Waals surface area (Å²) in [6.45, 7) is 9.23. The molecule has 0 saturated carbocycles.